The summed E-state index contributed by atoms with van der Waals surface area (Å²) in [7, 11) is 0. The standard InChI is InChI=1S/C18H28N2O/c1-4-15-6-5-7-17(12-15)19-14(3)18(21)20-16-10-8-13(2)9-11-16/h8-11,14-15,17,19H,4-7,12H2,1-3H3,(H,20,21). The highest BCUT2D eigenvalue weighted by molar-refractivity contribution is 5.94. The number of rotatable bonds is 5. The van der Waals surface area contributed by atoms with Crippen LogP contribution < -0.4 is 10.6 Å². The maximum atomic E-state index is 12.2. The van der Waals surface area contributed by atoms with Gasteiger partial charge in [0.25, 0.3) is 0 Å². The lowest BCUT2D eigenvalue weighted by atomic mass is 9.84. The van der Waals surface area contributed by atoms with Crippen LogP contribution in [0.25, 0.3) is 0 Å². The maximum absolute atomic E-state index is 12.2. The van der Waals surface area contributed by atoms with Crippen molar-refractivity contribution in [2.45, 2.75) is 65.0 Å². The first-order valence-electron chi connectivity index (χ1n) is 8.22. The topological polar surface area (TPSA) is 41.1 Å². The van der Waals surface area contributed by atoms with Gasteiger partial charge in [0.05, 0.1) is 6.04 Å². The molecule has 116 valence electrons. The van der Waals surface area contributed by atoms with E-state index >= 15 is 0 Å². The number of hydrogen-bond acceptors (Lipinski definition) is 2. The molecule has 1 fully saturated rings. The molecule has 0 radical (unpaired) electrons. The summed E-state index contributed by atoms with van der Waals surface area (Å²) in [6.45, 7) is 6.27. The molecule has 0 heterocycles. The third-order valence-electron chi connectivity index (χ3n) is 4.56. The minimum atomic E-state index is -0.146. The summed E-state index contributed by atoms with van der Waals surface area (Å²) in [5.41, 5.74) is 2.07. The van der Waals surface area contributed by atoms with Crippen LogP contribution in [-0.2, 0) is 4.79 Å². The molecule has 0 saturated heterocycles. The van der Waals surface area contributed by atoms with Gasteiger partial charge in [-0.1, -0.05) is 43.9 Å². The van der Waals surface area contributed by atoms with Gasteiger partial charge in [-0.15, -0.1) is 0 Å². The summed E-state index contributed by atoms with van der Waals surface area (Å²) < 4.78 is 0. The highest BCUT2D eigenvalue weighted by Gasteiger charge is 2.23. The second-order valence-electron chi connectivity index (χ2n) is 6.38. The van der Waals surface area contributed by atoms with E-state index in [-0.39, 0.29) is 11.9 Å². The molecule has 3 unspecified atom stereocenters. The lowest BCUT2D eigenvalue weighted by molar-refractivity contribution is -0.118. The third kappa shape index (κ3) is 4.85. The smallest absolute Gasteiger partial charge is 0.241 e. The normalized spacial score (nSPS) is 23.6. The molecule has 0 aliphatic heterocycles. The SMILES string of the molecule is CCC1CCCC(NC(C)C(=O)Nc2ccc(C)cc2)C1. The second kappa shape index (κ2) is 7.60. The molecule has 3 atom stereocenters. The number of amides is 1. The molecular formula is C18H28N2O. The van der Waals surface area contributed by atoms with Crippen LogP contribution in [0.4, 0.5) is 5.69 Å². The first-order chi connectivity index (χ1) is 10.1. The average Bonchev–Trinajstić information content (AvgIpc) is 2.49. The Hall–Kier alpha value is -1.35. The van der Waals surface area contributed by atoms with E-state index in [4.69, 9.17) is 0 Å². The van der Waals surface area contributed by atoms with Crippen LogP contribution in [-0.4, -0.2) is 18.0 Å². The van der Waals surface area contributed by atoms with Gasteiger partial charge in [-0.25, -0.2) is 0 Å². The van der Waals surface area contributed by atoms with Gasteiger partial charge in [0, 0.05) is 11.7 Å². The minimum Gasteiger partial charge on any atom is -0.325 e. The molecule has 1 aliphatic rings. The molecule has 3 nitrogen and oxygen atoms in total. The van der Waals surface area contributed by atoms with Crippen molar-refractivity contribution in [2.75, 3.05) is 5.32 Å². The molecule has 0 bridgehead atoms. The molecule has 0 aromatic heterocycles. The Morgan fingerprint density at radius 1 is 1.29 bits per heavy atom. The number of hydrogen-bond donors (Lipinski definition) is 2. The highest BCUT2D eigenvalue weighted by Crippen LogP contribution is 2.26. The predicted molar refractivity (Wildman–Crippen MR) is 88.4 cm³/mol. The number of nitrogens with one attached hydrogen (secondary N) is 2. The molecule has 21 heavy (non-hydrogen) atoms. The van der Waals surface area contributed by atoms with Crippen molar-refractivity contribution in [3.8, 4) is 0 Å². The number of carbonyl (C=O) groups excluding carboxylic acids is 1. The van der Waals surface area contributed by atoms with Gasteiger partial charge >= 0.3 is 0 Å². The monoisotopic (exact) mass is 288 g/mol. The van der Waals surface area contributed by atoms with Gasteiger partial charge < -0.3 is 10.6 Å². The zero-order chi connectivity index (χ0) is 15.2. The van der Waals surface area contributed by atoms with Crippen molar-refractivity contribution in [3.05, 3.63) is 29.8 Å². The van der Waals surface area contributed by atoms with Gasteiger partial charge in [-0.2, -0.15) is 0 Å². The Morgan fingerprint density at radius 2 is 2.00 bits per heavy atom. The largest absolute Gasteiger partial charge is 0.325 e. The van der Waals surface area contributed by atoms with E-state index in [1.807, 2.05) is 38.1 Å². The van der Waals surface area contributed by atoms with Crippen LogP contribution in [0.5, 0.6) is 0 Å². The third-order valence-corrected chi connectivity index (χ3v) is 4.56. The van der Waals surface area contributed by atoms with E-state index in [0.717, 1.165) is 11.6 Å². The fourth-order valence-corrected chi connectivity index (χ4v) is 3.13. The van der Waals surface area contributed by atoms with E-state index < -0.39 is 0 Å². The van der Waals surface area contributed by atoms with Crippen molar-refractivity contribution >= 4 is 11.6 Å². The van der Waals surface area contributed by atoms with Crippen molar-refractivity contribution in [2.24, 2.45) is 5.92 Å². The minimum absolute atomic E-state index is 0.0532. The molecular weight excluding hydrogens is 260 g/mol. The number of carbonyl (C=O) groups is 1. The Labute approximate surface area is 128 Å². The van der Waals surface area contributed by atoms with Crippen molar-refractivity contribution < 1.29 is 4.79 Å². The fraction of sp³-hybridized carbons (Fsp3) is 0.611. The van der Waals surface area contributed by atoms with Crippen molar-refractivity contribution in [3.63, 3.8) is 0 Å². The number of benzene rings is 1. The maximum Gasteiger partial charge on any atom is 0.241 e. The fourth-order valence-electron chi connectivity index (χ4n) is 3.13. The van der Waals surface area contributed by atoms with E-state index in [0.29, 0.717) is 6.04 Å². The zero-order valence-electron chi connectivity index (χ0n) is 13.5. The molecule has 1 amide bonds. The summed E-state index contributed by atoms with van der Waals surface area (Å²) in [5, 5.41) is 6.48. The van der Waals surface area contributed by atoms with E-state index in [9.17, 15) is 4.79 Å². The van der Waals surface area contributed by atoms with Gasteiger partial charge in [0.1, 0.15) is 0 Å². The molecule has 1 aliphatic carbocycles. The molecule has 2 N–H and O–H groups in total. The predicted octanol–water partition coefficient (Wildman–Crippen LogP) is 3.88. The molecule has 3 heteroatoms. The number of anilines is 1. The van der Waals surface area contributed by atoms with Gasteiger partial charge in [-0.05, 0) is 44.7 Å². The first kappa shape index (κ1) is 16.0. The van der Waals surface area contributed by atoms with Crippen LogP contribution in [0, 0.1) is 12.8 Å². The molecule has 1 aromatic carbocycles. The van der Waals surface area contributed by atoms with Crippen LogP contribution in [0.1, 0.15) is 51.5 Å². The van der Waals surface area contributed by atoms with Crippen molar-refractivity contribution in [1.82, 2.24) is 5.32 Å². The van der Waals surface area contributed by atoms with Crippen LogP contribution >= 0.6 is 0 Å². The summed E-state index contributed by atoms with van der Waals surface area (Å²) in [6, 6.07) is 8.28. The summed E-state index contributed by atoms with van der Waals surface area (Å²) >= 11 is 0. The molecule has 2 rings (SSSR count). The van der Waals surface area contributed by atoms with Gasteiger partial charge in [0.2, 0.25) is 5.91 Å². The van der Waals surface area contributed by atoms with Crippen LogP contribution in [0.3, 0.4) is 0 Å². The summed E-state index contributed by atoms with van der Waals surface area (Å²) in [5.74, 6) is 0.876. The van der Waals surface area contributed by atoms with E-state index in [1.165, 1.54) is 37.7 Å². The average molecular weight is 288 g/mol. The van der Waals surface area contributed by atoms with E-state index in [2.05, 4.69) is 17.6 Å². The Bertz CT molecular complexity index is 455. The Kier molecular flexibility index (Phi) is 5.80. The van der Waals surface area contributed by atoms with Gasteiger partial charge in [0.15, 0.2) is 0 Å². The molecule has 1 saturated carbocycles. The lowest BCUT2D eigenvalue weighted by Gasteiger charge is -2.31. The first-order valence-corrected chi connectivity index (χ1v) is 8.22. The second-order valence-corrected chi connectivity index (χ2v) is 6.38. The zero-order valence-corrected chi connectivity index (χ0v) is 13.5. The van der Waals surface area contributed by atoms with Crippen LogP contribution in [0.15, 0.2) is 24.3 Å². The van der Waals surface area contributed by atoms with E-state index in [1.54, 1.807) is 0 Å². The Morgan fingerprint density at radius 3 is 2.67 bits per heavy atom. The number of aryl methyl sites for hydroxylation is 1. The molecule has 0 spiro atoms. The van der Waals surface area contributed by atoms with Gasteiger partial charge in [-0.3, -0.25) is 4.79 Å². The Balaban J connectivity index is 1.83. The quantitative estimate of drug-likeness (QED) is 0.863. The summed E-state index contributed by atoms with van der Waals surface area (Å²) in [6.07, 6.45) is 6.28. The molecule has 1 aromatic rings. The van der Waals surface area contributed by atoms with Crippen LogP contribution in [0.2, 0.25) is 0 Å². The highest BCUT2D eigenvalue weighted by atomic mass is 16.2. The lowest BCUT2D eigenvalue weighted by Crippen LogP contribution is -2.45. The summed E-state index contributed by atoms with van der Waals surface area (Å²) in [4.78, 5) is 12.2. The van der Waals surface area contributed by atoms with Crippen molar-refractivity contribution in [1.29, 1.82) is 0 Å².